The molecule has 5 rings (SSSR count). The van der Waals surface area contributed by atoms with Crippen molar-refractivity contribution in [2.24, 2.45) is 10.9 Å². The van der Waals surface area contributed by atoms with Gasteiger partial charge < -0.3 is 24.3 Å². The van der Waals surface area contributed by atoms with E-state index in [1.165, 1.54) is 11.3 Å². The number of amides is 1. The summed E-state index contributed by atoms with van der Waals surface area (Å²) >= 11 is 1.52. The van der Waals surface area contributed by atoms with Gasteiger partial charge in [0.15, 0.2) is 0 Å². The maximum absolute atomic E-state index is 12.7. The molecular weight excluding hydrogens is 492 g/mol. The molecule has 0 bridgehead atoms. The van der Waals surface area contributed by atoms with Crippen LogP contribution in [0.15, 0.2) is 58.9 Å². The highest BCUT2D eigenvalue weighted by molar-refractivity contribution is 7.10. The first-order valence-corrected chi connectivity index (χ1v) is 13.0. The van der Waals surface area contributed by atoms with Crippen LogP contribution in [-0.4, -0.2) is 50.5 Å². The van der Waals surface area contributed by atoms with E-state index in [1.54, 1.807) is 26.4 Å². The predicted octanol–water partition coefficient (Wildman–Crippen LogP) is 4.21. The fraction of sp³-hybridized carbons (Fsp3) is 0.370. The van der Waals surface area contributed by atoms with E-state index in [0.717, 1.165) is 34.3 Å². The molecule has 9 nitrogen and oxygen atoms in total. The number of thiazole rings is 1. The minimum Gasteiger partial charge on any atom is -0.497 e. The number of rotatable bonds is 7. The summed E-state index contributed by atoms with van der Waals surface area (Å²) in [6.45, 7) is 3.38. The van der Waals surface area contributed by atoms with Gasteiger partial charge in [-0.25, -0.2) is 9.98 Å². The van der Waals surface area contributed by atoms with Crippen LogP contribution >= 0.6 is 11.3 Å². The summed E-state index contributed by atoms with van der Waals surface area (Å²) in [5, 5.41) is 9.00. The Morgan fingerprint density at radius 3 is 2.81 bits per heavy atom. The summed E-state index contributed by atoms with van der Waals surface area (Å²) in [5.74, 6) is 2.02. The van der Waals surface area contributed by atoms with Gasteiger partial charge in [-0.15, -0.1) is 11.3 Å². The second-order valence-electron chi connectivity index (χ2n) is 9.10. The number of aliphatic imine (C=N–C) groups is 1. The van der Waals surface area contributed by atoms with E-state index >= 15 is 0 Å². The Labute approximate surface area is 219 Å². The third-order valence-electron chi connectivity index (χ3n) is 6.69. The number of anilines is 1. The summed E-state index contributed by atoms with van der Waals surface area (Å²) in [6.07, 6.45) is 0.881. The Morgan fingerprint density at radius 1 is 1.19 bits per heavy atom. The number of benzene rings is 2. The summed E-state index contributed by atoms with van der Waals surface area (Å²) < 4.78 is 22.8. The molecule has 0 aliphatic carbocycles. The normalized spacial score (nSPS) is 22.7. The van der Waals surface area contributed by atoms with Gasteiger partial charge in [-0.05, 0) is 37.6 Å². The van der Waals surface area contributed by atoms with Crippen LogP contribution in [0.4, 0.5) is 5.82 Å². The molecule has 3 heterocycles. The first-order valence-electron chi connectivity index (χ1n) is 12.1. The molecule has 10 heteroatoms. The van der Waals surface area contributed by atoms with Crippen molar-refractivity contribution in [2.75, 3.05) is 32.8 Å². The molecule has 0 radical (unpaired) electrons. The Balaban J connectivity index is 1.37. The molecule has 2 aliphatic heterocycles. The third-order valence-corrected chi connectivity index (χ3v) is 7.70. The van der Waals surface area contributed by atoms with Gasteiger partial charge in [-0.1, -0.05) is 18.2 Å². The zero-order valence-electron chi connectivity index (χ0n) is 21.0. The van der Waals surface area contributed by atoms with Crippen LogP contribution in [0.25, 0.3) is 0 Å². The molecule has 2 aromatic carbocycles. The second-order valence-corrected chi connectivity index (χ2v) is 9.95. The van der Waals surface area contributed by atoms with E-state index in [9.17, 15) is 4.79 Å². The number of fused-ring (bicyclic) bond motifs is 1. The van der Waals surface area contributed by atoms with E-state index in [2.05, 4.69) is 17.6 Å². The van der Waals surface area contributed by atoms with Crippen LogP contribution < -0.4 is 20.1 Å². The highest BCUT2D eigenvalue weighted by Gasteiger charge is 2.50. The largest absolute Gasteiger partial charge is 0.497 e. The second kappa shape index (κ2) is 10.8. The van der Waals surface area contributed by atoms with E-state index in [4.69, 9.17) is 28.9 Å². The number of hydrogen-bond acceptors (Lipinski definition) is 9. The molecule has 1 aromatic heterocycles. The maximum atomic E-state index is 12.7. The number of methoxy groups -OCH3 is 2. The molecule has 0 saturated carbocycles. The molecule has 1 amide bonds. The molecule has 1 saturated heterocycles. The van der Waals surface area contributed by atoms with Gasteiger partial charge in [0.25, 0.3) is 11.9 Å². The molecule has 2 aliphatic rings. The van der Waals surface area contributed by atoms with Gasteiger partial charge >= 0.3 is 0 Å². The number of carbonyl (C=O) groups excluding carboxylic acids is 1. The zero-order valence-corrected chi connectivity index (χ0v) is 21.8. The lowest BCUT2D eigenvalue weighted by atomic mass is 9.79. The van der Waals surface area contributed by atoms with Crippen molar-refractivity contribution in [1.82, 2.24) is 10.3 Å². The van der Waals surface area contributed by atoms with E-state index in [0.29, 0.717) is 25.3 Å². The molecule has 194 valence electrons. The van der Waals surface area contributed by atoms with Crippen molar-refractivity contribution in [1.29, 1.82) is 0 Å². The minimum atomic E-state index is -0.730. The standard InChI is InChI=1S/C27H30N4O5S/c1-17-11-20-14-35-26(30-24(32)18-7-5-4-6-8-18)31-27(20,16-36-17)25-29-23(15-37-25)28-13-19-9-10-21(33-2)12-22(19)34-3/h4-10,12,15,17,20,28H,11,13-14,16H2,1-3H3,(H,30,31,32)/t17-,20?,27-/m0/s1. The Bertz CT molecular complexity index is 1280. The van der Waals surface area contributed by atoms with Crippen LogP contribution in [0.5, 0.6) is 11.5 Å². The van der Waals surface area contributed by atoms with Gasteiger partial charge in [-0.3, -0.25) is 10.1 Å². The van der Waals surface area contributed by atoms with Crippen molar-refractivity contribution in [3.63, 3.8) is 0 Å². The molecule has 37 heavy (non-hydrogen) atoms. The first kappa shape index (κ1) is 25.0. The average molecular weight is 523 g/mol. The summed E-state index contributed by atoms with van der Waals surface area (Å²) in [7, 11) is 3.27. The molecular formula is C27H30N4O5S. The van der Waals surface area contributed by atoms with Crippen molar-refractivity contribution in [3.05, 3.63) is 70.0 Å². The summed E-state index contributed by atoms with van der Waals surface area (Å²) in [6, 6.07) is 14.9. The van der Waals surface area contributed by atoms with Crippen LogP contribution in [-0.2, 0) is 21.6 Å². The van der Waals surface area contributed by atoms with Crippen molar-refractivity contribution in [3.8, 4) is 11.5 Å². The topological polar surface area (TPSA) is 103 Å². The number of ether oxygens (including phenoxy) is 4. The lowest BCUT2D eigenvalue weighted by Gasteiger charge is -2.44. The number of amidine groups is 1. The minimum absolute atomic E-state index is 0.0781. The van der Waals surface area contributed by atoms with Gasteiger partial charge in [0.2, 0.25) is 0 Å². The number of hydrogen-bond donors (Lipinski definition) is 2. The first-order chi connectivity index (χ1) is 18.0. The molecule has 1 fully saturated rings. The smallest absolute Gasteiger partial charge is 0.292 e. The lowest BCUT2D eigenvalue weighted by Crippen LogP contribution is -2.52. The predicted molar refractivity (Wildman–Crippen MR) is 141 cm³/mol. The molecule has 1 unspecified atom stereocenters. The van der Waals surface area contributed by atoms with Gasteiger partial charge in [0.1, 0.15) is 27.9 Å². The van der Waals surface area contributed by atoms with Gasteiger partial charge in [0.05, 0.1) is 33.5 Å². The Kier molecular flexibility index (Phi) is 7.29. The van der Waals surface area contributed by atoms with Crippen LogP contribution in [0.3, 0.4) is 0 Å². The van der Waals surface area contributed by atoms with Crippen molar-refractivity contribution >= 4 is 29.1 Å². The highest BCUT2D eigenvalue weighted by Crippen LogP contribution is 2.45. The maximum Gasteiger partial charge on any atom is 0.292 e. The van der Waals surface area contributed by atoms with Crippen LogP contribution in [0.1, 0.15) is 34.3 Å². The summed E-state index contributed by atoms with van der Waals surface area (Å²) in [4.78, 5) is 22.5. The van der Waals surface area contributed by atoms with Crippen LogP contribution in [0.2, 0.25) is 0 Å². The van der Waals surface area contributed by atoms with E-state index in [1.807, 2.05) is 41.8 Å². The van der Waals surface area contributed by atoms with Crippen molar-refractivity contribution in [2.45, 2.75) is 31.5 Å². The average Bonchev–Trinajstić information content (AvgIpc) is 3.42. The number of aromatic nitrogens is 1. The fourth-order valence-electron chi connectivity index (χ4n) is 4.62. The zero-order chi connectivity index (χ0) is 25.8. The Morgan fingerprint density at radius 2 is 2.03 bits per heavy atom. The van der Waals surface area contributed by atoms with E-state index < -0.39 is 5.54 Å². The quantitative estimate of drug-likeness (QED) is 0.479. The molecule has 0 spiro atoms. The highest BCUT2D eigenvalue weighted by atomic mass is 32.1. The molecule has 3 atom stereocenters. The Hall–Kier alpha value is -3.63. The monoisotopic (exact) mass is 522 g/mol. The van der Waals surface area contributed by atoms with E-state index in [-0.39, 0.29) is 24.0 Å². The number of carbonyl (C=O) groups is 1. The van der Waals surface area contributed by atoms with Crippen LogP contribution in [0, 0.1) is 5.92 Å². The molecule has 2 N–H and O–H groups in total. The van der Waals surface area contributed by atoms with Gasteiger partial charge in [0, 0.05) is 35.0 Å². The number of nitrogens with zero attached hydrogens (tertiary/aromatic N) is 2. The molecule has 3 aromatic rings. The van der Waals surface area contributed by atoms with Gasteiger partial charge in [-0.2, -0.15) is 0 Å². The fourth-order valence-corrected chi connectivity index (χ4v) is 5.60. The SMILES string of the molecule is COc1ccc(CNc2csc([C@]34CO[C@@H](C)CC3COC(NC(=O)c3ccccc3)=N4)n2)c(OC)c1. The van der Waals surface area contributed by atoms with Crippen molar-refractivity contribution < 1.29 is 23.7 Å². The summed E-state index contributed by atoms with van der Waals surface area (Å²) in [5.41, 5.74) is 0.791. The lowest BCUT2D eigenvalue weighted by molar-refractivity contribution is -0.0739. The number of nitrogens with one attached hydrogen (secondary N) is 2. The third kappa shape index (κ3) is 5.26.